The number of ether oxygens (including phenoxy) is 2. The number of benzene rings is 2. The van der Waals surface area contributed by atoms with Gasteiger partial charge >= 0.3 is 0 Å². The highest BCUT2D eigenvalue weighted by molar-refractivity contribution is 5.33. The van der Waals surface area contributed by atoms with E-state index in [1.807, 2.05) is 12.1 Å². The van der Waals surface area contributed by atoms with E-state index >= 15 is 0 Å². The van der Waals surface area contributed by atoms with E-state index in [2.05, 4.69) is 47.8 Å². The largest absolute Gasteiger partial charge is 0.496 e. The van der Waals surface area contributed by atoms with Gasteiger partial charge in [0.2, 0.25) is 0 Å². The fourth-order valence-corrected chi connectivity index (χ4v) is 2.83. The molecule has 0 aliphatic heterocycles. The molecule has 0 aliphatic rings. The maximum atomic E-state index is 5.50. The average Bonchev–Trinajstić information content (AvgIpc) is 2.60. The number of para-hydroxylation sites is 1. The Labute approximate surface area is 139 Å². The minimum absolute atomic E-state index is 0.519. The zero-order valence-corrected chi connectivity index (χ0v) is 14.1. The highest BCUT2D eigenvalue weighted by Gasteiger charge is 2.13. The molecule has 3 nitrogen and oxygen atoms in total. The predicted molar refractivity (Wildman–Crippen MR) is 95.1 cm³/mol. The van der Waals surface area contributed by atoms with Crippen molar-refractivity contribution in [1.29, 1.82) is 0 Å². The van der Waals surface area contributed by atoms with Crippen molar-refractivity contribution in [3.63, 3.8) is 0 Å². The molecule has 0 heterocycles. The highest BCUT2D eigenvalue weighted by atomic mass is 16.5. The first-order chi connectivity index (χ1) is 11.3. The number of hydrogen-bond donors (Lipinski definition) is 1. The SMILES string of the molecule is COCCNCC(Cc1ccccc1)Cc1ccccc1OC. The van der Waals surface area contributed by atoms with Crippen LogP contribution in [0.2, 0.25) is 0 Å². The summed E-state index contributed by atoms with van der Waals surface area (Å²) >= 11 is 0. The van der Waals surface area contributed by atoms with Gasteiger partial charge in [-0.05, 0) is 42.5 Å². The molecule has 2 aromatic carbocycles. The molecule has 1 N–H and O–H groups in total. The van der Waals surface area contributed by atoms with E-state index in [4.69, 9.17) is 9.47 Å². The lowest BCUT2D eigenvalue weighted by molar-refractivity contribution is 0.197. The van der Waals surface area contributed by atoms with Crippen LogP contribution in [0.5, 0.6) is 5.75 Å². The van der Waals surface area contributed by atoms with Crippen LogP contribution in [0.15, 0.2) is 54.6 Å². The van der Waals surface area contributed by atoms with Crippen LogP contribution in [0.1, 0.15) is 11.1 Å². The van der Waals surface area contributed by atoms with E-state index in [1.54, 1.807) is 14.2 Å². The van der Waals surface area contributed by atoms with Crippen LogP contribution in [0.4, 0.5) is 0 Å². The Balaban J connectivity index is 2.02. The van der Waals surface area contributed by atoms with Gasteiger partial charge in [-0.3, -0.25) is 0 Å². The smallest absolute Gasteiger partial charge is 0.122 e. The number of nitrogens with one attached hydrogen (secondary N) is 1. The molecule has 1 unspecified atom stereocenters. The van der Waals surface area contributed by atoms with E-state index in [9.17, 15) is 0 Å². The van der Waals surface area contributed by atoms with Gasteiger partial charge in [0, 0.05) is 13.7 Å². The van der Waals surface area contributed by atoms with Gasteiger partial charge in [0.1, 0.15) is 5.75 Å². The van der Waals surface area contributed by atoms with Crippen LogP contribution in [0.25, 0.3) is 0 Å². The average molecular weight is 313 g/mol. The second kappa shape index (κ2) is 10.0. The first-order valence-electron chi connectivity index (χ1n) is 8.19. The minimum atomic E-state index is 0.519. The molecule has 0 saturated carbocycles. The molecule has 0 bridgehead atoms. The Kier molecular flexibility index (Phi) is 7.64. The molecular formula is C20H27NO2. The Morgan fingerprint density at radius 3 is 2.39 bits per heavy atom. The normalized spacial score (nSPS) is 12.1. The summed E-state index contributed by atoms with van der Waals surface area (Å²) in [6.07, 6.45) is 2.05. The van der Waals surface area contributed by atoms with Crippen LogP contribution >= 0.6 is 0 Å². The Morgan fingerprint density at radius 2 is 1.65 bits per heavy atom. The monoisotopic (exact) mass is 313 g/mol. The molecule has 2 aromatic rings. The van der Waals surface area contributed by atoms with Crippen molar-refractivity contribution >= 4 is 0 Å². The zero-order chi connectivity index (χ0) is 16.3. The van der Waals surface area contributed by atoms with Crippen molar-refractivity contribution in [3.8, 4) is 5.75 Å². The van der Waals surface area contributed by atoms with E-state index in [0.717, 1.165) is 38.3 Å². The number of rotatable bonds is 10. The summed E-state index contributed by atoms with van der Waals surface area (Å²) in [4.78, 5) is 0. The molecule has 124 valence electrons. The lowest BCUT2D eigenvalue weighted by Gasteiger charge is -2.19. The fourth-order valence-electron chi connectivity index (χ4n) is 2.83. The summed E-state index contributed by atoms with van der Waals surface area (Å²) in [5, 5.41) is 3.50. The third-order valence-electron chi connectivity index (χ3n) is 3.98. The lowest BCUT2D eigenvalue weighted by Crippen LogP contribution is -2.28. The molecule has 1 atom stereocenters. The van der Waals surface area contributed by atoms with Crippen LogP contribution in [0, 0.1) is 5.92 Å². The maximum absolute atomic E-state index is 5.50. The van der Waals surface area contributed by atoms with E-state index < -0.39 is 0 Å². The van der Waals surface area contributed by atoms with E-state index in [0.29, 0.717) is 5.92 Å². The molecule has 3 heteroatoms. The third kappa shape index (κ3) is 6.05. The quantitative estimate of drug-likeness (QED) is 0.683. The summed E-state index contributed by atoms with van der Waals surface area (Å²) in [5.41, 5.74) is 2.64. The van der Waals surface area contributed by atoms with Crippen LogP contribution in [-0.2, 0) is 17.6 Å². The zero-order valence-electron chi connectivity index (χ0n) is 14.1. The second-order valence-electron chi connectivity index (χ2n) is 5.77. The molecule has 2 rings (SSSR count). The Hall–Kier alpha value is -1.84. The molecule has 0 aromatic heterocycles. The van der Waals surface area contributed by atoms with Crippen molar-refractivity contribution < 1.29 is 9.47 Å². The molecule has 0 amide bonds. The van der Waals surface area contributed by atoms with Crippen molar-refractivity contribution in [3.05, 3.63) is 65.7 Å². The molecule has 23 heavy (non-hydrogen) atoms. The van der Waals surface area contributed by atoms with E-state index in [-0.39, 0.29) is 0 Å². The van der Waals surface area contributed by atoms with Crippen LogP contribution in [-0.4, -0.2) is 33.9 Å². The second-order valence-corrected chi connectivity index (χ2v) is 5.77. The van der Waals surface area contributed by atoms with Gasteiger partial charge in [-0.2, -0.15) is 0 Å². The standard InChI is InChI=1S/C20H27NO2/c1-22-13-12-21-16-18(14-17-8-4-3-5-9-17)15-19-10-6-7-11-20(19)23-2/h3-11,18,21H,12-16H2,1-2H3. The van der Waals surface area contributed by atoms with Crippen molar-refractivity contribution in [2.24, 2.45) is 5.92 Å². The van der Waals surface area contributed by atoms with Gasteiger partial charge in [-0.1, -0.05) is 48.5 Å². The molecule has 0 saturated heterocycles. The lowest BCUT2D eigenvalue weighted by atomic mass is 9.92. The topological polar surface area (TPSA) is 30.5 Å². The first-order valence-corrected chi connectivity index (χ1v) is 8.19. The molecule has 0 spiro atoms. The van der Waals surface area contributed by atoms with Gasteiger partial charge in [0.15, 0.2) is 0 Å². The number of hydrogen-bond acceptors (Lipinski definition) is 3. The predicted octanol–water partition coefficient (Wildman–Crippen LogP) is 3.33. The van der Waals surface area contributed by atoms with Crippen LogP contribution < -0.4 is 10.1 Å². The minimum Gasteiger partial charge on any atom is -0.496 e. The Morgan fingerprint density at radius 1 is 0.913 bits per heavy atom. The van der Waals surface area contributed by atoms with Gasteiger partial charge in [-0.25, -0.2) is 0 Å². The fraction of sp³-hybridized carbons (Fsp3) is 0.400. The van der Waals surface area contributed by atoms with E-state index in [1.165, 1.54) is 11.1 Å². The molecule has 0 radical (unpaired) electrons. The maximum Gasteiger partial charge on any atom is 0.122 e. The first kappa shape index (κ1) is 17.5. The van der Waals surface area contributed by atoms with Gasteiger partial charge in [0.25, 0.3) is 0 Å². The third-order valence-corrected chi connectivity index (χ3v) is 3.98. The summed E-state index contributed by atoms with van der Waals surface area (Å²) < 4.78 is 10.6. The van der Waals surface area contributed by atoms with Crippen LogP contribution in [0.3, 0.4) is 0 Å². The van der Waals surface area contributed by atoms with Crippen molar-refractivity contribution in [2.75, 3.05) is 33.9 Å². The summed E-state index contributed by atoms with van der Waals surface area (Å²) in [5.74, 6) is 1.49. The van der Waals surface area contributed by atoms with Gasteiger partial charge in [0.05, 0.1) is 13.7 Å². The Bertz CT molecular complexity index is 557. The molecular weight excluding hydrogens is 286 g/mol. The summed E-state index contributed by atoms with van der Waals surface area (Å²) in [6.45, 7) is 2.59. The van der Waals surface area contributed by atoms with Gasteiger partial charge in [-0.15, -0.1) is 0 Å². The van der Waals surface area contributed by atoms with Crippen molar-refractivity contribution in [2.45, 2.75) is 12.8 Å². The number of methoxy groups -OCH3 is 2. The highest BCUT2D eigenvalue weighted by Crippen LogP contribution is 2.22. The van der Waals surface area contributed by atoms with Crippen molar-refractivity contribution in [1.82, 2.24) is 5.32 Å². The molecule has 0 fully saturated rings. The van der Waals surface area contributed by atoms with Gasteiger partial charge < -0.3 is 14.8 Å². The summed E-state index contributed by atoms with van der Waals surface area (Å²) in [6, 6.07) is 19.0. The summed E-state index contributed by atoms with van der Waals surface area (Å²) in [7, 11) is 3.47. The molecule has 0 aliphatic carbocycles.